The van der Waals surface area contributed by atoms with Gasteiger partial charge in [0.25, 0.3) is 0 Å². The van der Waals surface area contributed by atoms with Crippen LogP contribution in [0.3, 0.4) is 0 Å². The Morgan fingerprint density at radius 3 is 2.53 bits per heavy atom. The Kier molecular flexibility index (Phi) is 3.66. The van der Waals surface area contributed by atoms with Gasteiger partial charge < -0.3 is 9.52 Å². The number of hydrogen-bond acceptors (Lipinski definition) is 4. The van der Waals surface area contributed by atoms with E-state index in [0.29, 0.717) is 5.76 Å². The fraction of sp³-hybridized carbons (Fsp3) is 0. The van der Waals surface area contributed by atoms with Crippen molar-refractivity contribution in [1.29, 1.82) is 0 Å². The molecule has 72 valence electrons. The Morgan fingerprint density at radius 2 is 2.00 bits per heavy atom. The summed E-state index contributed by atoms with van der Waals surface area (Å²) in [6.07, 6.45) is 4.56. The molecule has 2 heterocycles. The second kappa shape index (κ2) is 4.78. The second-order valence-corrected chi connectivity index (χ2v) is 2.57. The molecule has 0 saturated heterocycles. The van der Waals surface area contributed by atoms with Gasteiger partial charge in [-0.25, -0.2) is 9.78 Å². The quantitative estimate of drug-likeness (QED) is 0.721. The van der Waals surface area contributed by atoms with Crippen LogP contribution >= 0.6 is 0 Å². The van der Waals surface area contributed by atoms with E-state index in [9.17, 15) is 4.79 Å². The zero-order valence-corrected chi connectivity index (χ0v) is 7.04. The van der Waals surface area contributed by atoms with Crippen molar-refractivity contribution in [1.82, 2.24) is 9.97 Å². The average molecular weight is 198 g/mol. The Bertz CT molecular complexity index is 455. The predicted octanol–water partition coefficient (Wildman–Crippen LogP) is 0.786. The first-order valence-corrected chi connectivity index (χ1v) is 3.87. The molecule has 0 amide bonds. The van der Waals surface area contributed by atoms with Crippen molar-refractivity contribution in [3.63, 3.8) is 0 Å². The van der Waals surface area contributed by atoms with Crippen LogP contribution in [0.2, 0.25) is 0 Å². The van der Waals surface area contributed by atoms with Crippen molar-refractivity contribution in [2.45, 2.75) is 0 Å². The summed E-state index contributed by atoms with van der Waals surface area (Å²) >= 11 is 0. The van der Waals surface area contributed by atoms with Gasteiger partial charge in [-0.3, -0.25) is 4.98 Å². The van der Waals surface area contributed by atoms with E-state index in [1.807, 2.05) is 0 Å². The third-order valence-corrected chi connectivity index (χ3v) is 1.65. The van der Waals surface area contributed by atoms with E-state index >= 15 is 0 Å². The molecule has 1 N–H and O–H groups in total. The summed E-state index contributed by atoms with van der Waals surface area (Å²) in [5, 5.41) is 8.58. The summed E-state index contributed by atoms with van der Waals surface area (Å²) < 4.78 is 4.99. The molecule has 2 aromatic heterocycles. The van der Waals surface area contributed by atoms with Crippen LogP contribution in [-0.4, -0.2) is 39.9 Å². The molecule has 0 aromatic carbocycles. The van der Waals surface area contributed by atoms with E-state index in [0.717, 1.165) is 5.56 Å². The van der Waals surface area contributed by atoms with Gasteiger partial charge in [0.1, 0.15) is 0 Å². The van der Waals surface area contributed by atoms with Crippen molar-refractivity contribution < 1.29 is 14.3 Å². The molecule has 0 aliphatic rings. The standard InChI is InChI=1S/C9H6N2O3.Li.H/c12-9(13)8-11-5-7(14-8)6-1-3-10-4-2-6;;/h1-5H,(H,12,13);;. The normalized spacial score (nSPS) is 9.33. The van der Waals surface area contributed by atoms with Crippen LogP contribution in [0.15, 0.2) is 35.1 Å². The molecule has 2 rings (SSSR count). The zero-order chi connectivity index (χ0) is 9.97. The van der Waals surface area contributed by atoms with Crippen LogP contribution in [-0.2, 0) is 0 Å². The van der Waals surface area contributed by atoms with E-state index in [-0.39, 0.29) is 24.8 Å². The summed E-state index contributed by atoms with van der Waals surface area (Å²) in [4.78, 5) is 17.9. The maximum absolute atomic E-state index is 10.5. The van der Waals surface area contributed by atoms with E-state index in [1.54, 1.807) is 24.5 Å². The molecule has 0 unspecified atom stereocenters. The number of carboxylic acids is 1. The summed E-state index contributed by atoms with van der Waals surface area (Å²) in [6, 6.07) is 3.43. The van der Waals surface area contributed by atoms with Gasteiger partial charge in [0.05, 0.1) is 6.20 Å². The SMILES string of the molecule is O=C(O)c1ncc(-c2ccncc2)o1.[LiH]. The summed E-state index contributed by atoms with van der Waals surface area (Å²) in [5.41, 5.74) is 0.750. The predicted molar refractivity (Wildman–Crippen MR) is 53.8 cm³/mol. The Morgan fingerprint density at radius 1 is 1.33 bits per heavy atom. The minimum absolute atomic E-state index is 0. The molecule has 0 bridgehead atoms. The monoisotopic (exact) mass is 198 g/mol. The maximum atomic E-state index is 10.5. The van der Waals surface area contributed by atoms with Gasteiger partial charge in [0, 0.05) is 18.0 Å². The van der Waals surface area contributed by atoms with Crippen LogP contribution in [0.5, 0.6) is 0 Å². The van der Waals surface area contributed by atoms with Crippen LogP contribution < -0.4 is 0 Å². The molecular weight excluding hydrogens is 191 g/mol. The van der Waals surface area contributed by atoms with Gasteiger partial charge in [-0.1, -0.05) is 0 Å². The molecular formula is C9H7LiN2O3. The van der Waals surface area contributed by atoms with Crippen molar-refractivity contribution in [2.75, 3.05) is 0 Å². The number of pyridine rings is 1. The number of aromatic nitrogens is 2. The fourth-order valence-electron chi connectivity index (χ4n) is 1.02. The molecule has 15 heavy (non-hydrogen) atoms. The number of hydrogen-bond donors (Lipinski definition) is 1. The van der Waals surface area contributed by atoms with E-state index in [2.05, 4.69) is 9.97 Å². The number of rotatable bonds is 2. The topological polar surface area (TPSA) is 76.2 Å². The molecule has 0 radical (unpaired) electrons. The number of aromatic carboxylic acids is 1. The van der Waals surface area contributed by atoms with Gasteiger partial charge in [-0.15, -0.1) is 0 Å². The third kappa shape index (κ3) is 2.46. The Hall–Kier alpha value is -1.57. The molecule has 5 nitrogen and oxygen atoms in total. The first-order chi connectivity index (χ1) is 6.77. The number of carboxylic acid groups (broad SMARTS) is 1. The van der Waals surface area contributed by atoms with Crippen molar-refractivity contribution in [3.8, 4) is 11.3 Å². The molecule has 2 aromatic rings. The number of carbonyl (C=O) groups is 1. The molecule has 0 spiro atoms. The van der Waals surface area contributed by atoms with Gasteiger partial charge in [0.15, 0.2) is 5.76 Å². The molecule has 0 fully saturated rings. The summed E-state index contributed by atoms with van der Waals surface area (Å²) in [5.74, 6) is -1.06. The Labute approximate surface area is 97.3 Å². The third-order valence-electron chi connectivity index (χ3n) is 1.65. The van der Waals surface area contributed by atoms with Gasteiger partial charge in [-0.05, 0) is 12.1 Å². The summed E-state index contributed by atoms with van der Waals surface area (Å²) in [7, 11) is 0. The average Bonchev–Trinajstić information content (AvgIpc) is 2.68. The van der Waals surface area contributed by atoms with Crippen LogP contribution in [0.25, 0.3) is 11.3 Å². The fourth-order valence-corrected chi connectivity index (χ4v) is 1.02. The van der Waals surface area contributed by atoms with Crippen molar-refractivity contribution >= 4 is 24.8 Å². The first kappa shape index (κ1) is 11.5. The first-order valence-electron chi connectivity index (χ1n) is 3.87. The van der Waals surface area contributed by atoms with Gasteiger partial charge in [-0.2, -0.15) is 0 Å². The van der Waals surface area contributed by atoms with Crippen LogP contribution in [0.1, 0.15) is 10.7 Å². The molecule has 0 aliphatic carbocycles. The van der Waals surface area contributed by atoms with Gasteiger partial charge >= 0.3 is 30.7 Å². The van der Waals surface area contributed by atoms with E-state index in [4.69, 9.17) is 9.52 Å². The summed E-state index contributed by atoms with van der Waals surface area (Å²) in [6.45, 7) is 0. The molecule has 0 saturated carbocycles. The minimum atomic E-state index is -1.18. The van der Waals surface area contributed by atoms with E-state index in [1.165, 1.54) is 6.20 Å². The number of oxazole rings is 1. The zero-order valence-electron chi connectivity index (χ0n) is 7.04. The van der Waals surface area contributed by atoms with Crippen molar-refractivity contribution in [3.05, 3.63) is 36.6 Å². The van der Waals surface area contributed by atoms with Gasteiger partial charge in [0.2, 0.25) is 0 Å². The van der Waals surface area contributed by atoms with Crippen molar-refractivity contribution in [2.24, 2.45) is 0 Å². The Balaban J connectivity index is 0.00000112. The molecule has 0 atom stereocenters. The number of nitrogens with zero attached hydrogens (tertiary/aromatic N) is 2. The molecule has 6 heteroatoms. The van der Waals surface area contributed by atoms with Crippen LogP contribution in [0.4, 0.5) is 0 Å². The van der Waals surface area contributed by atoms with Crippen LogP contribution in [0, 0.1) is 0 Å². The van der Waals surface area contributed by atoms with E-state index < -0.39 is 5.97 Å². The second-order valence-electron chi connectivity index (χ2n) is 2.57. The molecule has 0 aliphatic heterocycles.